The fraction of sp³-hybridized carbons (Fsp3) is 0.647. The zero-order valence-electron chi connectivity index (χ0n) is 14.2. The Hall–Kier alpha value is -0.520. The van der Waals surface area contributed by atoms with Gasteiger partial charge in [0, 0.05) is 51.1 Å². The third-order valence-corrected chi connectivity index (χ3v) is 4.24. The molecule has 1 atom stereocenters. The van der Waals surface area contributed by atoms with Crippen molar-refractivity contribution in [2.45, 2.75) is 32.9 Å². The van der Waals surface area contributed by atoms with E-state index in [1.165, 1.54) is 12.0 Å². The SMILES string of the molecule is CCOCCN1CCN(Cc2cccc(N)c2)CC1CC.Cl.Cl. The Balaban J connectivity index is 0.00000242. The van der Waals surface area contributed by atoms with E-state index in [-0.39, 0.29) is 24.8 Å². The number of nitrogens with two attached hydrogens (primary N) is 1. The number of hydrogen-bond donors (Lipinski definition) is 1. The molecule has 2 N–H and O–H groups in total. The second kappa shape index (κ2) is 11.9. The highest BCUT2D eigenvalue weighted by Gasteiger charge is 2.25. The van der Waals surface area contributed by atoms with Gasteiger partial charge in [-0.3, -0.25) is 9.80 Å². The second-order valence-electron chi connectivity index (χ2n) is 5.78. The van der Waals surface area contributed by atoms with E-state index >= 15 is 0 Å². The smallest absolute Gasteiger partial charge is 0.0593 e. The predicted molar refractivity (Wildman–Crippen MR) is 103 cm³/mol. The topological polar surface area (TPSA) is 41.7 Å². The quantitative estimate of drug-likeness (QED) is 0.597. The van der Waals surface area contributed by atoms with Crippen molar-refractivity contribution in [1.29, 1.82) is 0 Å². The minimum atomic E-state index is 0. The number of piperazine rings is 1. The van der Waals surface area contributed by atoms with Gasteiger partial charge in [0.05, 0.1) is 6.61 Å². The van der Waals surface area contributed by atoms with Crippen LogP contribution in [0.1, 0.15) is 25.8 Å². The standard InChI is InChI=1S/C17H29N3O.2ClH/c1-3-17-14-19(8-9-20(17)10-11-21-4-2)13-15-6-5-7-16(18)12-15;;/h5-7,12,17H,3-4,8-11,13-14,18H2,1-2H3;2*1H. The van der Waals surface area contributed by atoms with Crippen LogP contribution in [0.4, 0.5) is 5.69 Å². The molecule has 0 amide bonds. The molecule has 0 radical (unpaired) electrons. The molecule has 1 heterocycles. The summed E-state index contributed by atoms with van der Waals surface area (Å²) < 4.78 is 5.50. The van der Waals surface area contributed by atoms with Crippen LogP contribution in [-0.2, 0) is 11.3 Å². The van der Waals surface area contributed by atoms with Crippen LogP contribution < -0.4 is 5.73 Å². The first-order valence-corrected chi connectivity index (χ1v) is 8.11. The van der Waals surface area contributed by atoms with Gasteiger partial charge in [0.1, 0.15) is 0 Å². The molecule has 23 heavy (non-hydrogen) atoms. The third-order valence-electron chi connectivity index (χ3n) is 4.24. The van der Waals surface area contributed by atoms with E-state index in [4.69, 9.17) is 10.5 Å². The molecule has 134 valence electrons. The van der Waals surface area contributed by atoms with E-state index in [1.54, 1.807) is 0 Å². The molecule has 2 rings (SSSR count). The summed E-state index contributed by atoms with van der Waals surface area (Å²) in [6, 6.07) is 8.88. The van der Waals surface area contributed by atoms with Crippen molar-refractivity contribution in [3.8, 4) is 0 Å². The number of ether oxygens (including phenoxy) is 1. The van der Waals surface area contributed by atoms with Crippen molar-refractivity contribution in [1.82, 2.24) is 9.80 Å². The van der Waals surface area contributed by atoms with Crippen molar-refractivity contribution in [2.75, 3.05) is 45.1 Å². The first-order valence-electron chi connectivity index (χ1n) is 8.11. The Morgan fingerprint density at radius 2 is 2.00 bits per heavy atom. The molecule has 0 spiro atoms. The average Bonchev–Trinajstić information content (AvgIpc) is 2.48. The first-order chi connectivity index (χ1) is 10.2. The van der Waals surface area contributed by atoms with E-state index < -0.39 is 0 Å². The Labute approximate surface area is 153 Å². The summed E-state index contributed by atoms with van der Waals surface area (Å²) in [5.41, 5.74) is 8.04. The molecule has 1 unspecified atom stereocenters. The van der Waals surface area contributed by atoms with Gasteiger partial charge < -0.3 is 10.5 Å². The first kappa shape index (κ1) is 22.5. The highest BCUT2D eigenvalue weighted by Crippen LogP contribution is 2.16. The van der Waals surface area contributed by atoms with E-state index in [1.807, 2.05) is 12.1 Å². The predicted octanol–water partition coefficient (Wildman–Crippen LogP) is 3.05. The lowest BCUT2D eigenvalue weighted by Crippen LogP contribution is -2.53. The highest BCUT2D eigenvalue weighted by atomic mass is 35.5. The molecule has 0 aromatic heterocycles. The monoisotopic (exact) mass is 363 g/mol. The largest absolute Gasteiger partial charge is 0.399 e. The Morgan fingerprint density at radius 1 is 1.22 bits per heavy atom. The summed E-state index contributed by atoms with van der Waals surface area (Å²) in [7, 11) is 0. The summed E-state index contributed by atoms with van der Waals surface area (Å²) in [6.45, 7) is 11.4. The Kier molecular flexibility index (Phi) is 11.7. The number of nitrogen functional groups attached to an aromatic ring is 1. The molecule has 1 aliphatic heterocycles. The fourth-order valence-electron chi connectivity index (χ4n) is 3.06. The summed E-state index contributed by atoms with van der Waals surface area (Å²) in [5, 5.41) is 0. The summed E-state index contributed by atoms with van der Waals surface area (Å²) in [5.74, 6) is 0. The van der Waals surface area contributed by atoms with Crippen molar-refractivity contribution in [3.63, 3.8) is 0 Å². The zero-order valence-corrected chi connectivity index (χ0v) is 15.9. The fourth-order valence-corrected chi connectivity index (χ4v) is 3.06. The lowest BCUT2D eigenvalue weighted by molar-refractivity contribution is 0.0385. The lowest BCUT2D eigenvalue weighted by Gasteiger charge is -2.41. The van der Waals surface area contributed by atoms with Gasteiger partial charge >= 0.3 is 0 Å². The molecular weight excluding hydrogens is 333 g/mol. The molecule has 0 bridgehead atoms. The number of halogens is 2. The number of hydrogen-bond acceptors (Lipinski definition) is 4. The van der Waals surface area contributed by atoms with Crippen LogP contribution in [0.25, 0.3) is 0 Å². The van der Waals surface area contributed by atoms with Crippen LogP contribution >= 0.6 is 24.8 Å². The lowest BCUT2D eigenvalue weighted by atomic mass is 10.1. The van der Waals surface area contributed by atoms with Crippen molar-refractivity contribution in [2.24, 2.45) is 0 Å². The normalized spacial score (nSPS) is 19.0. The van der Waals surface area contributed by atoms with Crippen molar-refractivity contribution < 1.29 is 4.74 Å². The second-order valence-corrected chi connectivity index (χ2v) is 5.78. The number of rotatable bonds is 7. The van der Waals surface area contributed by atoms with Gasteiger partial charge in [-0.15, -0.1) is 24.8 Å². The maximum atomic E-state index is 5.87. The number of anilines is 1. The molecule has 1 aliphatic rings. The summed E-state index contributed by atoms with van der Waals surface area (Å²) in [6.07, 6.45) is 1.19. The maximum Gasteiger partial charge on any atom is 0.0593 e. The zero-order chi connectivity index (χ0) is 15.1. The van der Waals surface area contributed by atoms with E-state index in [2.05, 4.69) is 35.8 Å². The van der Waals surface area contributed by atoms with Crippen LogP contribution in [-0.4, -0.2) is 55.2 Å². The van der Waals surface area contributed by atoms with Gasteiger partial charge in [-0.2, -0.15) is 0 Å². The summed E-state index contributed by atoms with van der Waals surface area (Å²) in [4.78, 5) is 5.12. The van der Waals surface area contributed by atoms with Crippen LogP contribution in [0, 0.1) is 0 Å². The highest BCUT2D eigenvalue weighted by molar-refractivity contribution is 5.85. The molecule has 4 nitrogen and oxygen atoms in total. The van der Waals surface area contributed by atoms with Gasteiger partial charge in [0.2, 0.25) is 0 Å². The molecule has 1 aromatic carbocycles. The van der Waals surface area contributed by atoms with Crippen LogP contribution in [0.2, 0.25) is 0 Å². The van der Waals surface area contributed by atoms with Crippen molar-refractivity contribution >= 4 is 30.5 Å². The van der Waals surface area contributed by atoms with Crippen LogP contribution in [0.3, 0.4) is 0 Å². The molecule has 0 saturated carbocycles. The van der Waals surface area contributed by atoms with E-state index in [9.17, 15) is 0 Å². The van der Waals surface area contributed by atoms with Gasteiger partial charge in [0.25, 0.3) is 0 Å². The molecule has 0 aliphatic carbocycles. The molecule has 1 aromatic rings. The van der Waals surface area contributed by atoms with Crippen LogP contribution in [0.5, 0.6) is 0 Å². The van der Waals surface area contributed by atoms with Gasteiger partial charge in [0.15, 0.2) is 0 Å². The van der Waals surface area contributed by atoms with Crippen molar-refractivity contribution in [3.05, 3.63) is 29.8 Å². The Morgan fingerprint density at radius 3 is 2.65 bits per heavy atom. The molecule has 1 fully saturated rings. The van der Waals surface area contributed by atoms with Gasteiger partial charge in [-0.05, 0) is 31.0 Å². The number of nitrogens with zero attached hydrogens (tertiary/aromatic N) is 2. The maximum absolute atomic E-state index is 5.87. The van der Waals surface area contributed by atoms with E-state index in [0.29, 0.717) is 6.04 Å². The van der Waals surface area contributed by atoms with E-state index in [0.717, 1.165) is 51.6 Å². The van der Waals surface area contributed by atoms with Gasteiger partial charge in [-0.25, -0.2) is 0 Å². The molecular formula is C17H31Cl2N3O. The van der Waals surface area contributed by atoms with Gasteiger partial charge in [-0.1, -0.05) is 19.1 Å². The number of benzene rings is 1. The van der Waals surface area contributed by atoms with Crippen LogP contribution in [0.15, 0.2) is 24.3 Å². The summed E-state index contributed by atoms with van der Waals surface area (Å²) >= 11 is 0. The molecule has 1 saturated heterocycles. The average molecular weight is 364 g/mol. The minimum Gasteiger partial charge on any atom is -0.399 e. The third kappa shape index (κ3) is 7.27. The molecule has 6 heteroatoms. The minimum absolute atomic E-state index is 0. The Bertz CT molecular complexity index is 434.